The lowest BCUT2D eigenvalue weighted by Gasteiger charge is -2.09. The molecule has 2 heterocycles. The zero-order chi connectivity index (χ0) is 14.8. The quantitative estimate of drug-likeness (QED) is 0.922. The number of hydrogen-bond acceptors (Lipinski definition) is 3. The fourth-order valence-corrected chi connectivity index (χ4v) is 4.06. The van der Waals surface area contributed by atoms with E-state index in [2.05, 4.69) is 24.4 Å². The summed E-state index contributed by atoms with van der Waals surface area (Å²) < 4.78 is 6.59. The first kappa shape index (κ1) is 14.8. The van der Waals surface area contributed by atoms with Gasteiger partial charge in [0.2, 0.25) is 0 Å². The van der Waals surface area contributed by atoms with Crippen LogP contribution in [-0.2, 0) is 11.2 Å². The van der Waals surface area contributed by atoms with Crippen molar-refractivity contribution in [3.05, 3.63) is 33.7 Å². The minimum atomic E-state index is -0.102. The molecule has 1 aromatic carbocycles. The Kier molecular flexibility index (Phi) is 4.48. The van der Waals surface area contributed by atoms with Crippen molar-refractivity contribution >= 4 is 38.9 Å². The van der Waals surface area contributed by atoms with Gasteiger partial charge in [-0.15, -0.1) is 11.3 Å². The molecule has 3 rings (SSSR count). The monoisotopic (exact) mass is 323 g/mol. The average Bonchev–Trinajstić information content (AvgIpc) is 3.12. The number of rotatable bonds is 4. The van der Waals surface area contributed by atoms with E-state index in [1.165, 1.54) is 16.9 Å². The SMILES string of the molecule is CCc1ccc2c(Cl)c(C(=O)NCC3CCCO3)sc2c1. The van der Waals surface area contributed by atoms with E-state index in [9.17, 15) is 4.79 Å². The van der Waals surface area contributed by atoms with Gasteiger partial charge in [-0.3, -0.25) is 4.79 Å². The highest BCUT2D eigenvalue weighted by Crippen LogP contribution is 2.35. The highest BCUT2D eigenvalue weighted by Gasteiger charge is 2.20. The molecule has 1 saturated heterocycles. The highest BCUT2D eigenvalue weighted by atomic mass is 35.5. The van der Waals surface area contributed by atoms with Crippen molar-refractivity contribution in [2.45, 2.75) is 32.3 Å². The van der Waals surface area contributed by atoms with E-state index in [-0.39, 0.29) is 12.0 Å². The molecule has 21 heavy (non-hydrogen) atoms. The number of halogens is 1. The molecule has 3 nitrogen and oxygen atoms in total. The molecule has 1 aromatic heterocycles. The summed E-state index contributed by atoms with van der Waals surface area (Å²) >= 11 is 7.82. The molecule has 2 aromatic rings. The average molecular weight is 324 g/mol. The summed E-state index contributed by atoms with van der Waals surface area (Å²) in [5.74, 6) is -0.102. The van der Waals surface area contributed by atoms with Gasteiger partial charge in [0, 0.05) is 23.2 Å². The number of carbonyl (C=O) groups is 1. The van der Waals surface area contributed by atoms with Crippen LogP contribution in [-0.4, -0.2) is 25.2 Å². The minimum Gasteiger partial charge on any atom is -0.376 e. The van der Waals surface area contributed by atoms with E-state index in [4.69, 9.17) is 16.3 Å². The first-order valence-electron chi connectivity index (χ1n) is 7.29. The van der Waals surface area contributed by atoms with E-state index < -0.39 is 0 Å². The molecule has 1 aliphatic heterocycles. The van der Waals surface area contributed by atoms with Gasteiger partial charge in [0.15, 0.2) is 0 Å². The maximum Gasteiger partial charge on any atom is 0.263 e. The second-order valence-electron chi connectivity index (χ2n) is 5.27. The molecule has 0 saturated carbocycles. The van der Waals surface area contributed by atoms with Crippen molar-refractivity contribution < 1.29 is 9.53 Å². The molecule has 1 amide bonds. The van der Waals surface area contributed by atoms with Crippen LogP contribution in [0, 0.1) is 0 Å². The number of thiophene rings is 1. The molecule has 1 aliphatic rings. The van der Waals surface area contributed by atoms with Gasteiger partial charge >= 0.3 is 0 Å². The standard InChI is InChI=1S/C16H18ClNO2S/c1-2-10-5-6-12-13(8-10)21-15(14(12)17)16(19)18-9-11-4-3-7-20-11/h5-6,8,11H,2-4,7,9H2,1H3,(H,18,19). The molecular weight excluding hydrogens is 306 g/mol. The highest BCUT2D eigenvalue weighted by molar-refractivity contribution is 7.21. The van der Waals surface area contributed by atoms with E-state index in [1.54, 1.807) is 0 Å². The van der Waals surface area contributed by atoms with Crippen LogP contribution < -0.4 is 5.32 Å². The summed E-state index contributed by atoms with van der Waals surface area (Å²) in [5, 5.41) is 4.45. The summed E-state index contributed by atoms with van der Waals surface area (Å²) in [6.07, 6.45) is 3.21. The van der Waals surface area contributed by atoms with Crippen molar-refractivity contribution in [2.75, 3.05) is 13.2 Å². The number of ether oxygens (including phenoxy) is 1. The zero-order valence-corrected chi connectivity index (χ0v) is 13.5. The number of carbonyl (C=O) groups excluding carboxylic acids is 1. The maximum atomic E-state index is 12.3. The zero-order valence-electron chi connectivity index (χ0n) is 11.9. The van der Waals surface area contributed by atoms with Gasteiger partial charge < -0.3 is 10.1 Å². The molecule has 0 aliphatic carbocycles. The first-order chi connectivity index (χ1) is 10.2. The normalized spacial score (nSPS) is 18.3. The van der Waals surface area contributed by atoms with Gasteiger partial charge in [0.05, 0.1) is 11.1 Å². The lowest BCUT2D eigenvalue weighted by molar-refractivity contribution is 0.0861. The van der Waals surface area contributed by atoms with Crippen LogP contribution >= 0.6 is 22.9 Å². The lowest BCUT2D eigenvalue weighted by atomic mass is 10.1. The largest absolute Gasteiger partial charge is 0.376 e. The Bertz CT molecular complexity index is 662. The number of benzene rings is 1. The van der Waals surface area contributed by atoms with Crippen LogP contribution in [0.2, 0.25) is 5.02 Å². The predicted octanol–water partition coefficient (Wildman–Crippen LogP) is 4.03. The summed E-state index contributed by atoms with van der Waals surface area (Å²) in [6, 6.07) is 6.18. The second kappa shape index (κ2) is 6.34. The fourth-order valence-electron chi connectivity index (χ4n) is 2.57. The third-order valence-electron chi connectivity index (χ3n) is 3.82. The fraction of sp³-hybridized carbons (Fsp3) is 0.438. The summed E-state index contributed by atoms with van der Waals surface area (Å²) in [4.78, 5) is 12.9. The third-order valence-corrected chi connectivity index (χ3v) is 5.48. The maximum absolute atomic E-state index is 12.3. The number of amides is 1. The van der Waals surface area contributed by atoms with Crippen LogP contribution in [0.5, 0.6) is 0 Å². The van der Waals surface area contributed by atoms with Gasteiger partial charge in [-0.1, -0.05) is 30.7 Å². The Hall–Kier alpha value is -1.10. The Labute approximate surface area is 133 Å². The minimum absolute atomic E-state index is 0.102. The van der Waals surface area contributed by atoms with E-state index in [0.717, 1.165) is 36.0 Å². The molecule has 0 radical (unpaired) electrons. The molecule has 0 bridgehead atoms. The van der Waals surface area contributed by atoms with Crippen molar-refractivity contribution in [1.82, 2.24) is 5.32 Å². The second-order valence-corrected chi connectivity index (χ2v) is 6.70. The van der Waals surface area contributed by atoms with Crippen molar-refractivity contribution in [2.24, 2.45) is 0 Å². The van der Waals surface area contributed by atoms with E-state index >= 15 is 0 Å². The molecule has 5 heteroatoms. The topological polar surface area (TPSA) is 38.3 Å². The van der Waals surface area contributed by atoms with Crippen molar-refractivity contribution in [1.29, 1.82) is 0 Å². The molecule has 1 N–H and O–H groups in total. The first-order valence-corrected chi connectivity index (χ1v) is 8.49. The van der Waals surface area contributed by atoms with Gasteiger partial charge in [0.1, 0.15) is 4.88 Å². The van der Waals surface area contributed by atoms with Gasteiger partial charge in [-0.25, -0.2) is 0 Å². The molecule has 1 atom stereocenters. The summed E-state index contributed by atoms with van der Waals surface area (Å²) in [5.41, 5.74) is 1.26. The Morgan fingerprint density at radius 1 is 1.52 bits per heavy atom. The smallest absolute Gasteiger partial charge is 0.263 e. The van der Waals surface area contributed by atoms with Crippen molar-refractivity contribution in [3.63, 3.8) is 0 Å². The Morgan fingerprint density at radius 2 is 2.38 bits per heavy atom. The molecule has 0 spiro atoms. The van der Waals surface area contributed by atoms with Gasteiger partial charge in [-0.2, -0.15) is 0 Å². The predicted molar refractivity (Wildman–Crippen MR) is 87.5 cm³/mol. The molecule has 1 fully saturated rings. The molecule has 112 valence electrons. The number of nitrogens with one attached hydrogen (secondary N) is 1. The van der Waals surface area contributed by atoms with Crippen molar-refractivity contribution in [3.8, 4) is 0 Å². The lowest BCUT2D eigenvalue weighted by Crippen LogP contribution is -2.31. The molecule has 1 unspecified atom stereocenters. The Morgan fingerprint density at radius 3 is 3.10 bits per heavy atom. The number of fused-ring (bicyclic) bond motifs is 1. The van der Waals surface area contributed by atoms with Crippen LogP contribution in [0.3, 0.4) is 0 Å². The van der Waals surface area contributed by atoms with Crippen LogP contribution in [0.25, 0.3) is 10.1 Å². The Balaban J connectivity index is 1.78. The van der Waals surface area contributed by atoms with Gasteiger partial charge in [-0.05, 0) is 30.9 Å². The van der Waals surface area contributed by atoms with Crippen LogP contribution in [0.4, 0.5) is 0 Å². The summed E-state index contributed by atoms with van der Waals surface area (Å²) in [7, 11) is 0. The summed E-state index contributed by atoms with van der Waals surface area (Å²) in [6.45, 7) is 3.47. The van der Waals surface area contributed by atoms with Crippen LogP contribution in [0.15, 0.2) is 18.2 Å². The molecular formula is C16H18ClNO2S. The van der Waals surface area contributed by atoms with Gasteiger partial charge in [0.25, 0.3) is 5.91 Å². The third kappa shape index (κ3) is 3.07. The number of hydrogen-bond donors (Lipinski definition) is 1. The van der Waals surface area contributed by atoms with E-state index in [1.807, 2.05) is 6.07 Å². The van der Waals surface area contributed by atoms with Crippen LogP contribution in [0.1, 0.15) is 35.0 Å². The number of aryl methyl sites for hydroxylation is 1. The van der Waals surface area contributed by atoms with E-state index in [0.29, 0.717) is 16.4 Å².